The van der Waals surface area contributed by atoms with Gasteiger partial charge in [0.15, 0.2) is 5.84 Å². The smallest absolute Gasteiger partial charge is 0.255 e. The molecule has 102 valence electrons. The molecule has 0 saturated heterocycles. The number of halogens is 1. The summed E-state index contributed by atoms with van der Waals surface area (Å²) in [5.74, 6) is -0.336. The van der Waals surface area contributed by atoms with E-state index in [1.54, 1.807) is 12.1 Å². The summed E-state index contributed by atoms with van der Waals surface area (Å²) in [4.78, 5) is 12.1. The molecule has 0 heterocycles. The number of carbonyl (C=O) groups is 1. The normalized spacial score (nSPS) is 17.0. The second-order valence-electron chi connectivity index (χ2n) is 4.47. The molecule has 0 radical (unpaired) electrons. The SMILES string of the molecule is N/C(=N/O)C(NC(=O)c1cc(I)ccc1O)C1CC1. The zero-order valence-corrected chi connectivity index (χ0v) is 12.2. The number of hydrogen-bond donors (Lipinski definition) is 4. The highest BCUT2D eigenvalue weighted by Gasteiger charge is 2.35. The van der Waals surface area contributed by atoms with E-state index >= 15 is 0 Å². The Labute approximate surface area is 123 Å². The molecule has 0 spiro atoms. The standard InChI is InChI=1S/C12H14IN3O3/c13-7-3-4-9(17)8(5-7)12(18)15-10(6-1-2-6)11(14)16-19/h3-6,10,17,19H,1-2H2,(H2,14,16)(H,15,18). The van der Waals surface area contributed by atoms with Gasteiger partial charge in [0.25, 0.3) is 5.91 Å². The number of nitrogens with zero attached hydrogens (tertiary/aromatic N) is 1. The molecule has 1 aromatic rings. The van der Waals surface area contributed by atoms with Crippen molar-refractivity contribution in [3.63, 3.8) is 0 Å². The lowest BCUT2D eigenvalue weighted by molar-refractivity contribution is 0.0940. The Morgan fingerprint density at radius 3 is 2.79 bits per heavy atom. The number of benzene rings is 1. The third kappa shape index (κ3) is 3.28. The number of nitrogens with two attached hydrogens (primary N) is 1. The largest absolute Gasteiger partial charge is 0.507 e. The summed E-state index contributed by atoms with van der Waals surface area (Å²) < 4.78 is 0.840. The van der Waals surface area contributed by atoms with Gasteiger partial charge in [0.1, 0.15) is 5.75 Å². The fourth-order valence-corrected chi connectivity index (χ4v) is 2.33. The van der Waals surface area contributed by atoms with Gasteiger partial charge in [0, 0.05) is 3.57 Å². The summed E-state index contributed by atoms with van der Waals surface area (Å²) in [6.45, 7) is 0. The predicted molar refractivity (Wildman–Crippen MR) is 78.2 cm³/mol. The van der Waals surface area contributed by atoms with Crippen molar-refractivity contribution in [3.8, 4) is 5.75 Å². The Balaban J connectivity index is 2.17. The number of amides is 1. The highest BCUT2D eigenvalue weighted by Crippen LogP contribution is 2.33. The van der Waals surface area contributed by atoms with Crippen molar-refractivity contribution in [2.75, 3.05) is 0 Å². The van der Waals surface area contributed by atoms with Crippen molar-refractivity contribution in [2.24, 2.45) is 16.8 Å². The molecule has 1 amide bonds. The number of nitrogens with one attached hydrogen (secondary N) is 1. The van der Waals surface area contributed by atoms with Gasteiger partial charge in [-0.1, -0.05) is 5.16 Å². The number of hydrogen-bond acceptors (Lipinski definition) is 4. The van der Waals surface area contributed by atoms with Crippen LogP contribution in [0.4, 0.5) is 0 Å². The van der Waals surface area contributed by atoms with Gasteiger partial charge in [0.05, 0.1) is 11.6 Å². The molecule has 1 aliphatic rings. The van der Waals surface area contributed by atoms with E-state index in [-0.39, 0.29) is 23.1 Å². The molecule has 1 aliphatic carbocycles. The van der Waals surface area contributed by atoms with Crippen molar-refractivity contribution in [3.05, 3.63) is 27.3 Å². The first-order valence-corrected chi connectivity index (χ1v) is 6.87. The van der Waals surface area contributed by atoms with Gasteiger partial charge >= 0.3 is 0 Å². The minimum atomic E-state index is -0.491. The topological polar surface area (TPSA) is 108 Å². The predicted octanol–water partition coefficient (Wildman–Crippen LogP) is 1.25. The lowest BCUT2D eigenvalue weighted by Gasteiger charge is -2.17. The van der Waals surface area contributed by atoms with E-state index in [0.717, 1.165) is 16.4 Å². The van der Waals surface area contributed by atoms with Gasteiger partial charge in [0.2, 0.25) is 0 Å². The van der Waals surface area contributed by atoms with Crippen LogP contribution >= 0.6 is 22.6 Å². The highest BCUT2D eigenvalue weighted by atomic mass is 127. The van der Waals surface area contributed by atoms with Crippen LogP contribution in [-0.2, 0) is 0 Å². The molecule has 0 aromatic heterocycles. The minimum absolute atomic E-state index is 0.0130. The maximum absolute atomic E-state index is 12.1. The number of oxime groups is 1. The van der Waals surface area contributed by atoms with Crippen molar-refractivity contribution in [2.45, 2.75) is 18.9 Å². The lowest BCUT2D eigenvalue weighted by atomic mass is 10.1. The van der Waals surface area contributed by atoms with Gasteiger partial charge in [-0.3, -0.25) is 4.79 Å². The van der Waals surface area contributed by atoms with Crippen LogP contribution < -0.4 is 11.1 Å². The van der Waals surface area contributed by atoms with E-state index in [2.05, 4.69) is 33.1 Å². The van der Waals surface area contributed by atoms with E-state index in [4.69, 9.17) is 10.9 Å². The van der Waals surface area contributed by atoms with Crippen LogP contribution in [0.15, 0.2) is 23.4 Å². The monoisotopic (exact) mass is 375 g/mol. The van der Waals surface area contributed by atoms with Crippen LogP contribution in [0.5, 0.6) is 5.75 Å². The van der Waals surface area contributed by atoms with Crippen LogP contribution in [0.3, 0.4) is 0 Å². The third-order valence-corrected chi connectivity index (χ3v) is 3.69. The van der Waals surface area contributed by atoms with Gasteiger partial charge in [-0.05, 0) is 59.5 Å². The first-order valence-electron chi connectivity index (χ1n) is 5.79. The molecule has 7 heteroatoms. The second-order valence-corrected chi connectivity index (χ2v) is 5.72. The lowest BCUT2D eigenvalue weighted by Crippen LogP contribution is -2.46. The molecule has 1 fully saturated rings. The minimum Gasteiger partial charge on any atom is -0.507 e. The summed E-state index contributed by atoms with van der Waals surface area (Å²) >= 11 is 2.06. The van der Waals surface area contributed by atoms with Crippen LogP contribution in [0.25, 0.3) is 0 Å². The van der Waals surface area contributed by atoms with Crippen LogP contribution in [0, 0.1) is 9.49 Å². The molecule has 1 aromatic carbocycles. The number of rotatable bonds is 4. The molecule has 1 atom stereocenters. The first kappa shape index (κ1) is 13.9. The number of phenols is 1. The molecule has 1 saturated carbocycles. The molecule has 1 unspecified atom stereocenters. The zero-order valence-electron chi connectivity index (χ0n) is 10.0. The van der Waals surface area contributed by atoms with Gasteiger partial charge in [-0.2, -0.15) is 0 Å². The molecule has 0 bridgehead atoms. The summed E-state index contributed by atoms with van der Waals surface area (Å²) in [5.41, 5.74) is 5.76. The average molecular weight is 375 g/mol. The van der Waals surface area contributed by atoms with E-state index in [1.165, 1.54) is 6.07 Å². The highest BCUT2D eigenvalue weighted by molar-refractivity contribution is 14.1. The van der Waals surface area contributed by atoms with E-state index < -0.39 is 11.9 Å². The van der Waals surface area contributed by atoms with Crippen LogP contribution in [-0.4, -0.2) is 28.1 Å². The quantitative estimate of drug-likeness (QED) is 0.209. The van der Waals surface area contributed by atoms with Gasteiger partial charge < -0.3 is 21.4 Å². The molecule has 6 nitrogen and oxygen atoms in total. The zero-order chi connectivity index (χ0) is 14.0. The first-order chi connectivity index (χ1) is 9.02. The molecular formula is C12H14IN3O3. The fourth-order valence-electron chi connectivity index (χ4n) is 1.83. The number of carbonyl (C=O) groups excluding carboxylic acids is 1. The Bertz CT molecular complexity index is 529. The Hall–Kier alpha value is -1.51. The Morgan fingerprint density at radius 1 is 1.53 bits per heavy atom. The second kappa shape index (κ2) is 5.64. The maximum atomic E-state index is 12.1. The van der Waals surface area contributed by atoms with E-state index in [0.29, 0.717) is 0 Å². The van der Waals surface area contributed by atoms with Crippen molar-refractivity contribution in [1.29, 1.82) is 0 Å². The molecule has 2 rings (SSSR count). The van der Waals surface area contributed by atoms with Crippen molar-refractivity contribution < 1.29 is 15.1 Å². The number of amidine groups is 1. The van der Waals surface area contributed by atoms with E-state index in [9.17, 15) is 9.90 Å². The molecule has 19 heavy (non-hydrogen) atoms. The number of phenolic OH excluding ortho intramolecular Hbond substituents is 1. The summed E-state index contributed by atoms with van der Waals surface area (Å²) in [6.07, 6.45) is 1.86. The summed E-state index contributed by atoms with van der Waals surface area (Å²) in [7, 11) is 0. The van der Waals surface area contributed by atoms with Gasteiger partial charge in [-0.25, -0.2) is 0 Å². The molecule has 5 N–H and O–H groups in total. The van der Waals surface area contributed by atoms with Crippen LogP contribution in [0.2, 0.25) is 0 Å². The molecular weight excluding hydrogens is 361 g/mol. The Morgan fingerprint density at radius 2 is 2.21 bits per heavy atom. The van der Waals surface area contributed by atoms with Gasteiger partial charge in [-0.15, -0.1) is 0 Å². The summed E-state index contributed by atoms with van der Waals surface area (Å²) in [6, 6.07) is 4.26. The average Bonchev–Trinajstić information content (AvgIpc) is 3.22. The Kier molecular flexibility index (Phi) is 4.13. The molecule has 0 aliphatic heterocycles. The van der Waals surface area contributed by atoms with Crippen LogP contribution in [0.1, 0.15) is 23.2 Å². The maximum Gasteiger partial charge on any atom is 0.255 e. The number of aromatic hydroxyl groups is 1. The van der Waals surface area contributed by atoms with Crippen molar-refractivity contribution in [1.82, 2.24) is 5.32 Å². The fraction of sp³-hybridized carbons (Fsp3) is 0.333. The van der Waals surface area contributed by atoms with Crippen molar-refractivity contribution >= 4 is 34.3 Å². The third-order valence-electron chi connectivity index (χ3n) is 3.02. The summed E-state index contributed by atoms with van der Waals surface area (Å²) in [5, 5.41) is 24.1. The van der Waals surface area contributed by atoms with E-state index in [1.807, 2.05) is 0 Å².